The van der Waals surface area contributed by atoms with Crippen LogP contribution in [-0.2, 0) is 23.7 Å². The van der Waals surface area contributed by atoms with Crippen LogP contribution in [0.4, 0.5) is 0 Å². The zero-order valence-corrected chi connectivity index (χ0v) is 12.2. The van der Waals surface area contributed by atoms with Crippen molar-refractivity contribution in [1.29, 1.82) is 0 Å². The van der Waals surface area contributed by atoms with Gasteiger partial charge in [0.25, 0.3) is 0 Å². The Morgan fingerprint density at radius 2 is 1.20 bits per heavy atom. The molecule has 0 aromatic rings. The van der Waals surface area contributed by atoms with Gasteiger partial charge in [-0.3, -0.25) is 0 Å². The molecule has 4 saturated heterocycles. The summed E-state index contributed by atoms with van der Waals surface area (Å²) in [6, 6.07) is 0. The van der Waals surface area contributed by atoms with E-state index in [1.54, 1.807) is 0 Å². The van der Waals surface area contributed by atoms with Gasteiger partial charge in [0, 0.05) is 0 Å². The fourth-order valence-corrected chi connectivity index (χ4v) is 3.64. The monoisotopic (exact) mass is 284 g/mol. The molecule has 0 radical (unpaired) electrons. The van der Waals surface area contributed by atoms with Crippen LogP contribution in [-0.4, -0.2) is 55.6 Å². The second-order valence-corrected chi connectivity index (χ2v) is 6.82. The van der Waals surface area contributed by atoms with Crippen molar-refractivity contribution in [1.82, 2.24) is 0 Å². The van der Waals surface area contributed by atoms with Crippen molar-refractivity contribution < 1.29 is 23.7 Å². The third-order valence-electron chi connectivity index (χ3n) is 4.80. The van der Waals surface area contributed by atoms with Gasteiger partial charge in [-0.1, -0.05) is 0 Å². The molecule has 0 bridgehead atoms. The third kappa shape index (κ3) is 2.62. The first-order chi connectivity index (χ1) is 9.61. The summed E-state index contributed by atoms with van der Waals surface area (Å²) < 4.78 is 29.2. The molecule has 4 aliphatic heterocycles. The average Bonchev–Trinajstić information content (AvgIpc) is 2.86. The highest BCUT2D eigenvalue weighted by Crippen LogP contribution is 2.37. The van der Waals surface area contributed by atoms with Crippen LogP contribution in [0.2, 0.25) is 0 Å². The van der Waals surface area contributed by atoms with Crippen LogP contribution in [0.1, 0.15) is 39.5 Å². The Morgan fingerprint density at radius 3 is 1.65 bits per heavy atom. The number of hydrogen-bond donors (Lipinski definition) is 0. The van der Waals surface area contributed by atoms with Gasteiger partial charge in [0.1, 0.15) is 12.2 Å². The third-order valence-corrected chi connectivity index (χ3v) is 4.80. The molecule has 0 unspecified atom stereocenters. The Balaban J connectivity index is 1.30. The number of ether oxygens (including phenoxy) is 5. The van der Waals surface area contributed by atoms with E-state index in [1.807, 2.05) is 13.8 Å². The Hall–Kier alpha value is -0.200. The first kappa shape index (κ1) is 13.5. The SMILES string of the molecule is CC1(C)OC[C@@H]([C@H]2CC[C@H]([C@H]3CC[C@H]([C@@H]4CO4)O3)O2)O1. The fraction of sp³-hybridized carbons (Fsp3) is 1.00. The summed E-state index contributed by atoms with van der Waals surface area (Å²) in [7, 11) is 0. The van der Waals surface area contributed by atoms with Crippen molar-refractivity contribution in [3.05, 3.63) is 0 Å². The Kier molecular flexibility index (Phi) is 3.31. The lowest BCUT2D eigenvalue weighted by Crippen LogP contribution is -2.33. The minimum Gasteiger partial charge on any atom is -0.370 e. The number of epoxide rings is 1. The van der Waals surface area contributed by atoms with Gasteiger partial charge in [-0.15, -0.1) is 0 Å². The van der Waals surface area contributed by atoms with E-state index >= 15 is 0 Å². The van der Waals surface area contributed by atoms with Crippen LogP contribution in [0.5, 0.6) is 0 Å². The second kappa shape index (κ2) is 4.92. The average molecular weight is 284 g/mol. The molecule has 4 rings (SSSR count). The molecule has 0 amide bonds. The molecule has 20 heavy (non-hydrogen) atoms. The van der Waals surface area contributed by atoms with Crippen LogP contribution in [0, 0.1) is 0 Å². The van der Waals surface area contributed by atoms with Gasteiger partial charge in [0.15, 0.2) is 5.79 Å². The van der Waals surface area contributed by atoms with Crippen molar-refractivity contribution in [2.24, 2.45) is 0 Å². The van der Waals surface area contributed by atoms with E-state index in [4.69, 9.17) is 23.7 Å². The van der Waals surface area contributed by atoms with Gasteiger partial charge in [0.05, 0.1) is 37.6 Å². The molecule has 5 nitrogen and oxygen atoms in total. The number of hydrogen-bond acceptors (Lipinski definition) is 5. The Morgan fingerprint density at radius 1 is 0.700 bits per heavy atom. The highest BCUT2D eigenvalue weighted by atomic mass is 16.8. The molecule has 6 atom stereocenters. The zero-order valence-electron chi connectivity index (χ0n) is 12.2. The highest BCUT2D eigenvalue weighted by molar-refractivity contribution is 4.92. The van der Waals surface area contributed by atoms with Gasteiger partial charge in [0.2, 0.25) is 0 Å². The second-order valence-electron chi connectivity index (χ2n) is 6.82. The first-order valence-corrected chi connectivity index (χ1v) is 7.85. The largest absolute Gasteiger partial charge is 0.370 e. The molecule has 4 aliphatic rings. The smallest absolute Gasteiger partial charge is 0.163 e. The van der Waals surface area contributed by atoms with E-state index in [0.29, 0.717) is 18.8 Å². The van der Waals surface area contributed by atoms with Crippen LogP contribution in [0.3, 0.4) is 0 Å². The van der Waals surface area contributed by atoms with Gasteiger partial charge < -0.3 is 23.7 Å². The molecule has 4 heterocycles. The molecule has 0 N–H and O–H groups in total. The molecule has 0 spiro atoms. The zero-order chi connectivity index (χ0) is 13.7. The lowest BCUT2D eigenvalue weighted by Gasteiger charge is -2.23. The molecule has 4 fully saturated rings. The Bertz CT molecular complexity index is 367. The van der Waals surface area contributed by atoms with Gasteiger partial charge >= 0.3 is 0 Å². The molecule has 5 heteroatoms. The van der Waals surface area contributed by atoms with Crippen molar-refractivity contribution in [3.63, 3.8) is 0 Å². The maximum absolute atomic E-state index is 6.20. The van der Waals surface area contributed by atoms with Crippen LogP contribution in [0.25, 0.3) is 0 Å². The maximum atomic E-state index is 6.20. The Labute approximate surface area is 119 Å². The van der Waals surface area contributed by atoms with E-state index in [-0.39, 0.29) is 24.4 Å². The lowest BCUT2D eigenvalue weighted by molar-refractivity contribution is -0.160. The highest BCUT2D eigenvalue weighted by Gasteiger charge is 2.46. The summed E-state index contributed by atoms with van der Waals surface area (Å²) in [5.41, 5.74) is 0. The van der Waals surface area contributed by atoms with E-state index in [9.17, 15) is 0 Å². The van der Waals surface area contributed by atoms with Gasteiger partial charge in [-0.05, 0) is 39.5 Å². The molecule has 0 aromatic heterocycles. The minimum atomic E-state index is -0.468. The fourth-order valence-electron chi connectivity index (χ4n) is 3.64. The summed E-state index contributed by atoms with van der Waals surface area (Å²) >= 11 is 0. The normalized spacial score (nSPS) is 50.7. The summed E-state index contributed by atoms with van der Waals surface area (Å²) in [5, 5.41) is 0. The van der Waals surface area contributed by atoms with Crippen LogP contribution >= 0.6 is 0 Å². The van der Waals surface area contributed by atoms with E-state index in [1.165, 1.54) is 0 Å². The molecular formula is C15H24O5. The maximum Gasteiger partial charge on any atom is 0.163 e. The molecule has 0 aliphatic carbocycles. The van der Waals surface area contributed by atoms with E-state index in [0.717, 1.165) is 32.3 Å². The predicted octanol–water partition coefficient (Wildman–Crippen LogP) is 1.63. The van der Waals surface area contributed by atoms with Gasteiger partial charge in [-0.25, -0.2) is 0 Å². The van der Waals surface area contributed by atoms with E-state index < -0.39 is 5.79 Å². The van der Waals surface area contributed by atoms with Crippen LogP contribution < -0.4 is 0 Å². The lowest BCUT2D eigenvalue weighted by atomic mass is 10.1. The summed E-state index contributed by atoms with van der Waals surface area (Å²) in [4.78, 5) is 0. The molecule has 0 aromatic carbocycles. The summed E-state index contributed by atoms with van der Waals surface area (Å²) in [6.07, 6.45) is 5.64. The molecular weight excluding hydrogens is 260 g/mol. The molecule has 114 valence electrons. The summed E-state index contributed by atoms with van der Waals surface area (Å²) in [5.74, 6) is -0.468. The predicted molar refractivity (Wildman–Crippen MR) is 70.4 cm³/mol. The van der Waals surface area contributed by atoms with Crippen molar-refractivity contribution in [3.8, 4) is 0 Å². The topological polar surface area (TPSA) is 49.5 Å². The molecule has 0 saturated carbocycles. The summed E-state index contributed by atoms with van der Waals surface area (Å²) in [6.45, 7) is 5.42. The number of rotatable bonds is 3. The van der Waals surface area contributed by atoms with Gasteiger partial charge in [-0.2, -0.15) is 0 Å². The van der Waals surface area contributed by atoms with Crippen molar-refractivity contribution in [2.45, 2.75) is 81.9 Å². The van der Waals surface area contributed by atoms with Crippen molar-refractivity contribution >= 4 is 0 Å². The van der Waals surface area contributed by atoms with Crippen LogP contribution in [0.15, 0.2) is 0 Å². The van der Waals surface area contributed by atoms with Crippen molar-refractivity contribution in [2.75, 3.05) is 13.2 Å². The quantitative estimate of drug-likeness (QED) is 0.737. The first-order valence-electron chi connectivity index (χ1n) is 7.85. The standard InChI is InChI=1S/C15H24O5/c1-15(2)17-8-14(20-15)12-6-4-10(19-12)9-3-5-11(18-9)13-7-16-13/h9-14H,3-8H2,1-2H3/t9-,10-,11-,12-,13+,14+/m1/s1. The minimum absolute atomic E-state index is 0.0685. The van der Waals surface area contributed by atoms with E-state index in [2.05, 4.69) is 0 Å².